The van der Waals surface area contributed by atoms with Gasteiger partial charge in [0.15, 0.2) is 5.16 Å². The van der Waals surface area contributed by atoms with Gasteiger partial charge in [-0.2, -0.15) is 0 Å². The fraction of sp³-hybridized carbons (Fsp3) is 0.333. The van der Waals surface area contributed by atoms with E-state index in [1.165, 1.54) is 17.8 Å². The van der Waals surface area contributed by atoms with E-state index < -0.39 is 0 Å². The SMILES string of the molecule is CCSc1ncc2c3c(cc(F)c2n1)COC3. The summed E-state index contributed by atoms with van der Waals surface area (Å²) in [7, 11) is 0. The molecular weight excluding hydrogens is 239 g/mol. The van der Waals surface area contributed by atoms with Crippen LogP contribution in [0.5, 0.6) is 0 Å². The van der Waals surface area contributed by atoms with Crippen LogP contribution < -0.4 is 0 Å². The smallest absolute Gasteiger partial charge is 0.188 e. The molecule has 0 unspecified atom stereocenters. The number of thioether (sulfide) groups is 1. The maximum absolute atomic E-state index is 13.9. The Morgan fingerprint density at radius 1 is 1.47 bits per heavy atom. The minimum atomic E-state index is -0.287. The lowest BCUT2D eigenvalue weighted by Gasteiger charge is -2.05. The number of halogens is 1. The van der Waals surface area contributed by atoms with Crippen molar-refractivity contribution in [1.82, 2.24) is 9.97 Å². The Balaban J connectivity index is 2.24. The van der Waals surface area contributed by atoms with Crippen LogP contribution in [0.2, 0.25) is 0 Å². The Hall–Kier alpha value is -1.20. The zero-order valence-corrected chi connectivity index (χ0v) is 10.2. The first kappa shape index (κ1) is 10.9. The molecule has 3 rings (SSSR count). The van der Waals surface area contributed by atoms with Crippen molar-refractivity contribution in [1.29, 1.82) is 0 Å². The Kier molecular flexibility index (Phi) is 2.72. The van der Waals surface area contributed by atoms with Crippen LogP contribution in [-0.4, -0.2) is 15.7 Å². The van der Waals surface area contributed by atoms with Gasteiger partial charge in [0.05, 0.1) is 13.2 Å². The zero-order valence-electron chi connectivity index (χ0n) is 9.36. The second kappa shape index (κ2) is 4.23. The van der Waals surface area contributed by atoms with Crippen molar-refractivity contribution >= 4 is 22.7 Å². The summed E-state index contributed by atoms with van der Waals surface area (Å²) in [6.07, 6.45) is 1.71. The summed E-state index contributed by atoms with van der Waals surface area (Å²) in [4.78, 5) is 8.51. The third-order valence-corrected chi connectivity index (χ3v) is 3.53. The molecule has 17 heavy (non-hydrogen) atoms. The van der Waals surface area contributed by atoms with Crippen LogP contribution >= 0.6 is 11.8 Å². The largest absolute Gasteiger partial charge is 0.372 e. The van der Waals surface area contributed by atoms with Gasteiger partial charge in [0.1, 0.15) is 11.3 Å². The van der Waals surface area contributed by atoms with Gasteiger partial charge < -0.3 is 4.74 Å². The summed E-state index contributed by atoms with van der Waals surface area (Å²) in [6, 6.07) is 1.53. The van der Waals surface area contributed by atoms with Gasteiger partial charge in [-0.15, -0.1) is 0 Å². The monoisotopic (exact) mass is 250 g/mol. The maximum Gasteiger partial charge on any atom is 0.188 e. The molecule has 2 aromatic rings. The molecule has 0 spiro atoms. The first-order valence-electron chi connectivity index (χ1n) is 5.47. The summed E-state index contributed by atoms with van der Waals surface area (Å²) < 4.78 is 19.2. The Labute approximate surface area is 102 Å². The predicted octanol–water partition coefficient (Wildman–Crippen LogP) is 2.91. The summed E-state index contributed by atoms with van der Waals surface area (Å²) in [6.45, 7) is 3.02. The van der Waals surface area contributed by atoms with Crippen molar-refractivity contribution < 1.29 is 9.13 Å². The molecule has 5 heteroatoms. The maximum atomic E-state index is 13.9. The van der Waals surface area contributed by atoms with Crippen LogP contribution in [-0.2, 0) is 18.0 Å². The van der Waals surface area contributed by atoms with E-state index in [2.05, 4.69) is 9.97 Å². The number of aromatic nitrogens is 2. The predicted molar refractivity (Wildman–Crippen MR) is 64.4 cm³/mol. The van der Waals surface area contributed by atoms with E-state index in [-0.39, 0.29) is 5.82 Å². The van der Waals surface area contributed by atoms with Crippen LogP contribution in [0.4, 0.5) is 4.39 Å². The highest BCUT2D eigenvalue weighted by atomic mass is 32.2. The van der Waals surface area contributed by atoms with Crippen LogP contribution in [0.1, 0.15) is 18.1 Å². The van der Waals surface area contributed by atoms with Crippen LogP contribution in [0.3, 0.4) is 0 Å². The van der Waals surface area contributed by atoms with Crippen molar-refractivity contribution in [2.75, 3.05) is 5.75 Å². The molecule has 1 aliphatic rings. The van der Waals surface area contributed by atoms with Crippen molar-refractivity contribution in [3.8, 4) is 0 Å². The van der Waals surface area contributed by atoms with E-state index in [1.54, 1.807) is 6.20 Å². The molecule has 0 aliphatic carbocycles. The fourth-order valence-corrected chi connectivity index (χ4v) is 2.55. The highest BCUT2D eigenvalue weighted by Gasteiger charge is 2.18. The molecule has 1 aliphatic heterocycles. The summed E-state index contributed by atoms with van der Waals surface area (Å²) in [5.41, 5.74) is 2.34. The molecule has 0 saturated carbocycles. The Morgan fingerprint density at radius 2 is 2.35 bits per heavy atom. The van der Waals surface area contributed by atoms with Gasteiger partial charge in [0.25, 0.3) is 0 Å². The van der Waals surface area contributed by atoms with Gasteiger partial charge in [-0.3, -0.25) is 0 Å². The van der Waals surface area contributed by atoms with Gasteiger partial charge in [0, 0.05) is 11.6 Å². The van der Waals surface area contributed by atoms with Gasteiger partial charge in [-0.1, -0.05) is 18.7 Å². The number of rotatable bonds is 2. The minimum absolute atomic E-state index is 0.287. The average molecular weight is 250 g/mol. The standard InChI is InChI=1S/C12H11FN2OS/c1-2-17-12-14-4-8-9-6-16-5-7(9)3-10(13)11(8)15-12/h3-4H,2,5-6H2,1H3. The summed E-state index contributed by atoms with van der Waals surface area (Å²) in [5, 5.41) is 1.40. The second-order valence-electron chi connectivity index (χ2n) is 3.84. The fourth-order valence-electron chi connectivity index (χ4n) is 2.01. The van der Waals surface area contributed by atoms with E-state index in [0.717, 1.165) is 22.3 Å². The molecule has 0 radical (unpaired) electrons. The first-order chi connectivity index (χ1) is 8.29. The number of ether oxygens (including phenoxy) is 1. The van der Waals surface area contributed by atoms with Gasteiger partial charge in [-0.05, 0) is 22.9 Å². The van der Waals surface area contributed by atoms with E-state index in [9.17, 15) is 4.39 Å². The van der Waals surface area contributed by atoms with E-state index in [1.807, 2.05) is 6.92 Å². The lowest BCUT2D eigenvalue weighted by atomic mass is 10.1. The first-order valence-corrected chi connectivity index (χ1v) is 6.45. The normalized spacial score (nSPS) is 14.2. The van der Waals surface area contributed by atoms with Crippen molar-refractivity contribution in [2.45, 2.75) is 25.3 Å². The average Bonchev–Trinajstić information content (AvgIpc) is 2.78. The van der Waals surface area contributed by atoms with E-state index >= 15 is 0 Å². The van der Waals surface area contributed by atoms with Crippen molar-refractivity contribution in [2.24, 2.45) is 0 Å². The molecule has 0 bridgehead atoms. The number of hydrogen-bond acceptors (Lipinski definition) is 4. The van der Waals surface area contributed by atoms with Crippen molar-refractivity contribution in [3.05, 3.63) is 29.2 Å². The van der Waals surface area contributed by atoms with Gasteiger partial charge >= 0.3 is 0 Å². The van der Waals surface area contributed by atoms with Crippen molar-refractivity contribution in [3.63, 3.8) is 0 Å². The number of hydrogen-bond donors (Lipinski definition) is 0. The molecule has 2 heterocycles. The number of benzene rings is 1. The zero-order chi connectivity index (χ0) is 11.8. The molecule has 3 nitrogen and oxygen atoms in total. The lowest BCUT2D eigenvalue weighted by Crippen LogP contribution is -1.95. The van der Waals surface area contributed by atoms with Crippen LogP contribution in [0.15, 0.2) is 17.4 Å². The Morgan fingerprint density at radius 3 is 3.18 bits per heavy atom. The third kappa shape index (κ3) is 1.79. The highest BCUT2D eigenvalue weighted by molar-refractivity contribution is 7.99. The lowest BCUT2D eigenvalue weighted by molar-refractivity contribution is 0.135. The topological polar surface area (TPSA) is 35.0 Å². The minimum Gasteiger partial charge on any atom is -0.372 e. The molecule has 1 aromatic heterocycles. The number of nitrogens with zero attached hydrogens (tertiary/aromatic N) is 2. The third-order valence-electron chi connectivity index (χ3n) is 2.78. The van der Waals surface area contributed by atoms with Gasteiger partial charge in [-0.25, -0.2) is 14.4 Å². The Bertz CT molecular complexity index is 588. The summed E-state index contributed by atoms with van der Waals surface area (Å²) in [5.74, 6) is 0.589. The van der Waals surface area contributed by atoms with Gasteiger partial charge in [0.2, 0.25) is 0 Å². The molecule has 1 aromatic carbocycles. The quantitative estimate of drug-likeness (QED) is 0.606. The summed E-state index contributed by atoms with van der Waals surface area (Å²) >= 11 is 1.51. The molecular formula is C12H11FN2OS. The molecule has 0 saturated heterocycles. The molecule has 0 atom stereocenters. The number of fused-ring (bicyclic) bond motifs is 3. The molecule has 0 fully saturated rings. The highest BCUT2D eigenvalue weighted by Crippen LogP contribution is 2.30. The van der Waals surface area contributed by atoms with Crippen LogP contribution in [0, 0.1) is 5.82 Å². The van der Waals surface area contributed by atoms with E-state index in [4.69, 9.17) is 4.74 Å². The molecule has 0 amide bonds. The molecule has 88 valence electrons. The van der Waals surface area contributed by atoms with Crippen LogP contribution in [0.25, 0.3) is 10.9 Å². The van der Waals surface area contributed by atoms with E-state index in [0.29, 0.717) is 23.9 Å². The second-order valence-corrected chi connectivity index (χ2v) is 5.07. The molecule has 0 N–H and O–H groups in total.